The summed E-state index contributed by atoms with van der Waals surface area (Å²) in [6, 6.07) is 5.27. The minimum absolute atomic E-state index is 0.406. The third-order valence-electron chi connectivity index (χ3n) is 6.11. The molecule has 0 amide bonds. The molecule has 0 bridgehead atoms. The molecule has 0 spiro atoms. The molecule has 0 aliphatic carbocycles. The van der Waals surface area contributed by atoms with Crippen molar-refractivity contribution in [2.75, 3.05) is 16.3 Å². The summed E-state index contributed by atoms with van der Waals surface area (Å²) < 4.78 is 1.79. The van der Waals surface area contributed by atoms with E-state index in [9.17, 15) is 0 Å². The molecule has 1 aromatic carbocycles. The van der Waals surface area contributed by atoms with Gasteiger partial charge >= 0.3 is 0 Å². The lowest BCUT2D eigenvalue weighted by Gasteiger charge is -2.47. The molecule has 2 N–H and O–H groups in total. The number of imidazole rings is 1. The van der Waals surface area contributed by atoms with Crippen molar-refractivity contribution >= 4 is 46.9 Å². The first-order valence-corrected chi connectivity index (χ1v) is 10.8. The van der Waals surface area contributed by atoms with E-state index < -0.39 is 5.54 Å². The van der Waals surface area contributed by atoms with Crippen LogP contribution in [0.15, 0.2) is 36.8 Å². The van der Waals surface area contributed by atoms with Crippen LogP contribution in [0, 0.1) is 10.8 Å². The number of aromatic nitrogens is 4. The van der Waals surface area contributed by atoms with Crippen molar-refractivity contribution in [3.63, 3.8) is 0 Å². The summed E-state index contributed by atoms with van der Waals surface area (Å²) >= 11 is 12.4. The van der Waals surface area contributed by atoms with Crippen molar-refractivity contribution in [2.45, 2.75) is 31.7 Å². The van der Waals surface area contributed by atoms with Crippen LogP contribution in [-0.4, -0.2) is 43.8 Å². The number of fused-ring (bicyclic) bond motifs is 3. The highest BCUT2D eigenvalue weighted by Crippen LogP contribution is 2.46. The first-order valence-electron chi connectivity index (χ1n) is 10.0. The Morgan fingerprint density at radius 1 is 1.19 bits per heavy atom. The molecule has 31 heavy (non-hydrogen) atoms. The first-order chi connectivity index (χ1) is 15.0. The van der Waals surface area contributed by atoms with E-state index in [1.165, 1.54) is 6.34 Å². The van der Waals surface area contributed by atoms with Crippen molar-refractivity contribution in [2.24, 2.45) is 0 Å². The monoisotopic (exact) mass is 454 g/mol. The Hall–Kier alpha value is -2.97. The predicted molar refractivity (Wildman–Crippen MR) is 123 cm³/mol. The van der Waals surface area contributed by atoms with Crippen LogP contribution in [0.4, 0.5) is 11.5 Å². The van der Waals surface area contributed by atoms with E-state index in [1.54, 1.807) is 46.3 Å². The Balaban J connectivity index is 1.66. The van der Waals surface area contributed by atoms with Crippen LogP contribution in [0.2, 0.25) is 10.0 Å². The third-order valence-corrected chi connectivity index (χ3v) is 6.55. The summed E-state index contributed by atoms with van der Waals surface area (Å²) in [6.07, 6.45) is 8.92. The van der Waals surface area contributed by atoms with Gasteiger partial charge in [0.2, 0.25) is 5.95 Å². The van der Waals surface area contributed by atoms with Crippen molar-refractivity contribution in [3.05, 3.63) is 46.8 Å². The summed E-state index contributed by atoms with van der Waals surface area (Å²) in [7, 11) is 0. The maximum atomic E-state index is 8.77. The highest BCUT2D eigenvalue weighted by molar-refractivity contribution is 6.35. The zero-order valence-corrected chi connectivity index (χ0v) is 18.3. The number of anilines is 2. The summed E-state index contributed by atoms with van der Waals surface area (Å²) in [6.45, 7) is 2.89. The molecule has 10 heteroatoms. The van der Waals surface area contributed by atoms with E-state index in [0.29, 0.717) is 33.3 Å². The second-order valence-corrected chi connectivity index (χ2v) is 8.52. The van der Waals surface area contributed by atoms with Gasteiger partial charge in [0, 0.05) is 34.5 Å². The van der Waals surface area contributed by atoms with Crippen LogP contribution in [-0.2, 0) is 0 Å². The molecule has 5 rings (SSSR count). The van der Waals surface area contributed by atoms with Gasteiger partial charge in [-0.05, 0) is 37.5 Å². The molecule has 0 unspecified atom stereocenters. The van der Waals surface area contributed by atoms with Gasteiger partial charge in [-0.15, -0.1) is 0 Å². The third kappa shape index (κ3) is 2.93. The number of rotatable bonds is 4. The molecule has 1 atom stereocenters. The number of amidine groups is 1. The summed E-state index contributed by atoms with van der Waals surface area (Å²) in [5.74, 6) is 2.22. The highest BCUT2D eigenvalue weighted by atomic mass is 35.5. The highest BCUT2D eigenvalue weighted by Gasteiger charge is 2.50. The molecule has 0 radical (unpaired) electrons. The fraction of sp³-hybridized carbons (Fsp3) is 0.286. The van der Waals surface area contributed by atoms with Crippen LogP contribution in [0.1, 0.15) is 26.2 Å². The largest absolute Gasteiger partial charge is 0.342 e. The second-order valence-electron chi connectivity index (χ2n) is 7.65. The Morgan fingerprint density at radius 2 is 1.97 bits per heavy atom. The molecular formula is C21H20Cl2N8. The number of hydrogen-bond donors (Lipinski definition) is 2. The van der Waals surface area contributed by atoms with E-state index >= 15 is 0 Å². The van der Waals surface area contributed by atoms with Crippen molar-refractivity contribution < 1.29 is 0 Å². The van der Waals surface area contributed by atoms with Gasteiger partial charge in [0.15, 0.2) is 5.82 Å². The molecule has 8 nitrogen and oxygen atoms in total. The van der Waals surface area contributed by atoms with Crippen LogP contribution in [0.3, 0.4) is 0 Å². The summed E-state index contributed by atoms with van der Waals surface area (Å²) in [5, 5.41) is 17.7. The molecular weight excluding hydrogens is 435 g/mol. The second kappa shape index (κ2) is 7.32. The molecule has 158 valence electrons. The van der Waals surface area contributed by atoms with Gasteiger partial charge < -0.3 is 4.90 Å². The molecule has 1 saturated heterocycles. The molecule has 1 fully saturated rings. The smallest absolute Gasteiger partial charge is 0.237 e. The van der Waals surface area contributed by atoms with Gasteiger partial charge in [-0.25, -0.2) is 9.97 Å². The van der Waals surface area contributed by atoms with Crippen LogP contribution < -0.4 is 9.80 Å². The fourth-order valence-electron chi connectivity index (χ4n) is 4.65. The standard InChI is InChI=1S/C21H20Cl2N8/c1-2-21-4-3-6-31(21)18-16(30(12-24)19(21)25)11-27-20(28-18)29-7-5-26-17(29)13-8-14(22)10-15(23)9-13/h5,7-12,24-25H,2-4,6H2,1H3/t21-/m0/s1. The first kappa shape index (κ1) is 20.0. The van der Waals surface area contributed by atoms with Gasteiger partial charge in [-0.1, -0.05) is 30.1 Å². The molecule has 2 aliphatic heterocycles. The SMILES string of the molecule is CC[C@@]12CCCN1c1nc(-n3ccnc3-c3cc(Cl)cc(Cl)c3)ncc1N(C=N)C2=N. The van der Waals surface area contributed by atoms with Crippen LogP contribution >= 0.6 is 23.2 Å². The van der Waals surface area contributed by atoms with E-state index in [-0.39, 0.29) is 0 Å². The number of benzene rings is 1. The van der Waals surface area contributed by atoms with Crippen molar-refractivity contribution in [1.82, 2.24) is 19.5 Å². The van der Waals surface area contributed by atoms with E-state index in [2.05, 4.69) is 21.8 Å². The Labute approximate surface area is 189 Å². The predicted octanol–water partition coefficient (Wildman–Crippen LogP) is 4.79. The summed E-state index contributed by atoms with van der Waals surface area (Å²) in [4.78, 5) is 17.7. The maximum absolute atomic E-state index is 8.77. The fourth-order valence-corrected chi connectivity index (χ4v) is 5.18. The molecule has 0 saturated carbocycles. The zero-order chi connectivity index (χ0) is 21.8. The number of nitrogens with zero attached hydrogens (tertiary/aromatic N) is 6. The Morgan fingerprint density at radius 3 is 2.68 bits per heavy atom. The van der Waals surface area contributed by atoms with Gasteiger partial charge in [0.1, 0.15) is 17.3 Å². The topological polar surface area (TPSA) is 97.8 Å². The van der Waals surface area contributed by atoms with Gasteiger partial charge in [-0.2, -0.15) is 4.98 Å². The van der Waals surface area contributed by atoms with Gasteiger partial charge in [0.05, 0.1) is 18.1 Å². The lowest BCUT2D eigenvalue weighted by Crippen LogP contribution is -2.60. The van der Waals surface area contributed by atoms with E-state index in [4.69, 9.17) is 39.0 Å². The lowest BCUT2D eigenvalue weighted by atomic mass is 9.88. The van der Waals surface area contributed by atoms with Crippen molar-refractivity contribution in [3.8, 4) is 17.3 Å². The Bertz CT molecular complexity index is 1190. The molecule has 4 heterocycles. The minimum atomic E-state index is -0.450. The molecule has 3 aromatic rings. The average molecular weight is 455 g/mol. The normalized spacial score (nSPS) is 20.0. The number of nitrogens with one attached hydrogen (secondary N) is 2. The molecule has 2 aliphatic rings. The molecule has 2 aromatic heterocycles. The quantitative estimate of drug-likeness (QED) is 0.436. The minimum Gasteiger partial charge on any atom is -0.342 e. The Kier molecular flexibility index (Phi) is 4.71. The van der Waals surface area contributed by atoms with Crippen LogP contribution in [0.25, 0.3) is 17.3 Å². The van der Waals surface area contributed by atoms with Gasteiger partial charge in [-0.3, -0.25) is 20.3 Å². The van der Waals surface area contributed by atoms with Gasteiger partial charge in [0.25, 0.3) is 0 Å². The number of halogens is 2. The average Bonchev–Trinajstić information content (AvgIpc) is 3.41. The zero-order valence-electron chi connectivity index (χ0n) is 16.8. The number of hydrogen-bond acceptors (Lipinski definition) is 6. The van der Waals surface area contributed by atoms with E-state index in [0.717, 1.165) is 37.2 Å². The summed E-state index contributed by atoms with van der Waals surface area (Å²) in [5.41, 5.74) is 0.951. The van der Waals surface area contributed by atoms with Crippen molar-refractivity contribution in [1.29, 1.82) is 10.8 Å². The lowest BCUT2D eigenvalue weighted by molar-refractivity contribution is 0.525. The van der Waals surface area contributed by atoms with Crippen LogP contribution in [0.5, 0.6) is 0 Å². The maximum Gasteiger partial charge on any atom is 0.237 e. The van der Waals surface area contributed by atoms with E-state index in [1.807, 2.05) is 0 Å².